The number of aryl methyl sites for hydroxylation is 2. The van der Waals surface area contributed by atoms with Gasteiger partial charge in [0.05, 0.1) is 11.4 Å². The number of unbranched alkanes of at least 4 members (excludes halogenated alkanes) is 1. The number of nitrogens with one attached hydrogen (secondary N) is 2. The Morgan fingerprint density at radius 3 is 1.44 bits per heavy atom. The molecule has 2 aromatic heterocycles. The summed E-state index contributed by atoms with van der Waals surface area (Å²) in [6.45, 7) is 4.00. The minimum absolute atomic E-state index is 0.0863. The highest BCUT2D eigenvalue weighted by molar-refractivity contribution is 7.16. The third-order valence-corrected chi connectivity index (χ3v) is 7.01. The molecule has 174 valence electrons. The van der Waals surface area contributed by atoms with Gasteiger partial charge in [0.2, 0.25) is 11.8 Å². The molecular formula is C26H26N4O2S2. The Balaban J connectivity index is 1.21. The maximum Gasteiger partial charge on any atom is 0.226 e. The van der Waals surface area contributed by atoms with Gasteiger partial charge in [-0.3, -0.25) is 9.59 Å². The summed E-state index contributed by atoms with van der Waals surface area (Å²) in [6, 6.07) is 19.9. The van der Waals surface area contributed by atoms with E-state index in [1.165, 1.54) is 22.7 Å². The molecule has 8 heteroatoms. The molecule has 0 atom stereocenters. The summed E-state index contributed by atoms with van der Waals surface area (Å²) in [4.78, 5) is 35.9. The molecule has 0 saturated carbocycles. The number of aromatic nitrogens is 2. The molecule has 4 aromatic rings. The molecule has 0 unspecified atom stereocenters. The molecule has 0 saturated heterocycles. The van der Waals surface area contributed by atoms with Crippen molar-refractivity contribution >= 4 is 44.8 Å². The number of thiazole rings is 2. The lowest BCUT2D eigenvalue weighted by Gasteiger charge is -2.03. The summed E-state index contributed by atoms with van der Waals surface area (Å²) >= 11 is 2.94. The molecule has 2 N–H and O–H groups in total. The van der Waals surface area contributed by atoms with E-state index < -0.39 is 0 Å². The summed E-state index contributed by atoms with van der Waals surface area (Å²) in [5, 5.41) is 6.98. The van der Waals surface area contributed by atoms with Crippen molar-refractivity contribution in [3.05, 3.63) is 70.4 Å². The fourth-order valence-electron chi connectivity index (χ4n) is 3.56. The van der Waals surface area contributed by atoms with Crippen molar-refractivity contribution in [3.8, 4) is 22.5 Å². The zero-order valence-corrected chi connectivity index (χ0v) is 20.8. The third-order valence-electron chi connectivity index (χ3n) is 5.24. The minimum atomic E-state index is -0.0863. The highest BCUT2D eigenvalue weighted by atomic mass is 32.1. The van der Waals surface area contributed by atoms with E-state index in [4.69, 9.17) is 0 Å². The molecule has 2 amide bonds. The number of amides is 2. The van der Waals surface area contributed by atoms with Crippen molar-refractivity contribution in [2.75, 3.05) is 10.6 Å². The summed E-state index contributed by atoms with van der Waals surface area (Å²) in [7, 11) is 0. The maximum atomic E-state index is 12.3. The summed E-state index contributed by atoms with van der Waals surface area (Å²) < 4.78 is 0. The second-order valence-corrected chi connectivity index (χ2v) is 10.3. The molecule has 4 rings (SSSR count). The zero-order valence-electron chi connectivity index (χ0n) is 19.1. The predicted molar refractivity (Wildman–Crippen MR) is 140 cm³/mol. The number of hydrogen-bond acceptors (Lipinski definition) is 6. The molecule has 34 heavy (non-hydrogen) atoms. The molecule has 0 bridgehead atoms. The summed E-state index contributed by atoms with van der Waals surface area (Å²) in [5.41, 5.74) is 3.86. The van der Waals surface area contributed by atoms with Gasteiger partial charge in [0.15, 0.2) is 10.3 Å². The highest BCUT2D eigenvalue weighted by Gasteiger charge is 2.14. The van der Waals surface area contributed by atoms with Gasteiger partial charge in [-0.2, -0.15) is 0 Å². The van der Waals surface area contributed by atoms with Crippen molar-refractivity contribution in [2.45, 2.75) is 39.5 Å². The predicted octanol–water partition coefficient (Wildman–Crippen LogP) is 6.69. The third kappa shape index (κ3) is 6.15. The molecular weight excluding hydrogens is 464 g/mol. The molecule has 0 fully saturated rings. The van der Waals surface area contributed by atoms with E-state index in [2.05, 4.69) is 20.6 Å². The Hall–Kier alpha value is -3.36. The summed E-state index contributed by atoms with van der Waals surface area (Å²) in [5.74, 6) is -0.173. The molecule has 2 aromatic carbocycles. The monoisotopic (exact) mass is 490 g/mol. The van der Waals surface area contributed by atoms with E-state index in [-0.39, 0.29) is 11.8 Å². The number of carbonyl (C=O) groups is 2. The lowest BCUT2D eigenvalue weighted by atomic mass is 10.1. The molecule has 0 aliphatic heterocycles. The second-order valence-electron chi connectivity index (χ2n) is 7.88. The van der Waals surface area contributed by atoms with Gasteiger partial charge in [-0.05, 0) is 26.7 Å². The lowest BCUT2D eigenvalue weighted by Crippen LogP contribution is -2.13. The first-order chi connectivity index (χ1) is 16.5. The van der Waals surface area contributed by atoms with E-state index in [9.17, 15) is 9.59 Å². The van der Waals surface area contributed by atoms with Crippen LogP contribution in [0.4, 0.5) is 10.3 Å². The normalized spacial score (nSPS) is 10.8. The van der Waals surface area contributed by atoms with Crippen LogP contribution in [0.1, 0.15) is 35.4 Å². The van der Waals surface area contributed by atoms with Crippen LogP contribution in [0.2, 0.25) is 0 Å². The van der Waals surface area contributed by atoms with E-state index in [0.29, 0.717) is 35.9 Å². The first kappa shape index (κ1) is 23.8. The zero-order chi connectivity index (χ0) is 23.9. The van der Waals surface area contributed by atoms with Gasteiger partial charge in [0.1, 0.15) is 0 Å². The van der Waals surface area contributed by atoms with Crippen LogP contribution in [0.25, 0.3) is 22.5 Å². The first-order valence-electron chi connectivity index (χ1n) is 11.1. The fourth-order valence-corrected chi connectivity index (χ4v) is 5.27. The van der Waals surface area contributed by atoms with Crippen LogP contribution in [0.15, 0.2) is 60.7 Å². The Morgan fingerprint density at radius 2 is 1.06 bits per heavy atom. The average molecular weight is 491 g/mol. The number of carbonyl (C=O) groups excluding carboxylic acids is 2. The highest BCUT2D eigenvalue weighted by Crippen LogP contribution is 2.31. The van der Waals surface area contributed by atoms with Crippen LogP contribution in [-0.4, -0.2) is 21.8 Å². The molecule has 0 radical (unpaired) electrons. The fraction of sp³-hybridized carbons (Fsp3) is 0.231. The van der Waals surface area contributed by atoms with Crippen molar-refractivity contribution in [2.24, 2.45) is 0 Å². The second kappa shape index (κ2) is 11.2. The van der Waals surface area contributed by atoms with E-state index in [1.54, 1.807) is 0 Å². The van der Waals surface area contributed by atoms with Crippen molar-refractivity contribution in [1.29, 1.82) is 0 Å². The largest absolute Gasteiger partial charge is 0.302 e. The van der Waals surface area contributed by atoms with Crippen LogP contribution in [0, 0.1) is 13.8 Å². The number of rotatable bonds is 9. The molecule has 2 heterocycles. The van der Waals surface area contributed by atoms with Crippen LogP contribution < -0.4 is 10.6 Å². The van der Waals surface area contributed by atoms with E-state index in [0.717, 1.165) is 32.3 Å². The Bertz CT molecular complexity index is 1170. The van der Waals surface area contributed by atoms with Gasteiger partial charge in [-0.15, -0.1) is 22.7 Å². The van der Waals surface area contributed by atoms with Gasteiger partial charge >= 0.3 is 0 Å². The van der Waals surface area contributed by atoms with Gasteiger partial charge < -0.3 is 10.6 Å². The smallest absolute Gasteiger partial charge is 0.226 e. The van der Waals surface area contributed by atoms with Crippen LogP contribution in [0.5, 0.6) is 0 Å². The van der Waals surface area contributed by atoms with Crippen LogP contribution in [0.3, 0.4) is 0 Å². The lowest BCUT2D eigenvalue weighted by molar-refractivity contribution is -0.118. The molecule has 0 aliphatic carbocycles. The van der Waals surface area contributed by atoms with Crippen LogP contribution >= 0.6 is 22.7 Å². The number of benzene rings is 2. The van der Waals surface area contributed by atoms with Crippen molar-refractivity contribution in [3.63, 3.8) is 0 Å². The number of hydrogen-bond donors (Lipinski definition) is 2. The van der Waals surface area contributed by atoms with Gasteiger partial charge in [-0.1, -0.05) is 60.7 Å². The van der Waals surface area contributed by atoms with Crippen molar-refractivity contribution in [1.82, 2.24) is 9.97 Å². The Morgan fingerprint density at radius 1 is 0.676 bits per heavy atom. The minimum Gasteiger partial charge on any atom is -0.302 e. The standard InChI is InChI=1S/C26H26N4O2S2/c1-17-23(19-11-5-3-6-12-19)29-25(33-17)27-21(31)15-9-10-16-22(32)28-26-30-24(18(2)34-26)20-13-7-4-8-14-20/h3-8,11-14H,9-10,15-16H2,1-2H3,(H,27,29,31)(H,28,30,32). The molecule has 0 spiro atoms. The maximum absolute atomic E-state index is 12.3. The molecule has 6 nitrogen and oxygen atoms in total. The molecule has 0 aliphatic rings. The Labute approximate surface area is 207 Å². The van der Waals surface area contributed by atoms with Gasteiger partial charge in [-0.25, -0.2) is 9.97 Å². The SMILES string of the molecule is Cc1sc(NC(=O)CCCCC(=O)Nc2nc(-c3ccccc3)c(C)s2)nc1-c1ccccc1. The average Bonchev–Trinajstić information content (AvgIpc) is 3.39. The van der Waals surface area contributed by atoms with Crippen molar-refractivity contribution < 1.29 is 9.59 Å². The van der Waals surface area contributed by atoms with Gasteiger partial charge in [0, 0.05) is 33.7 Å². The summed E-state index contributed by atoms with van der Waals surface area (Å²) in [6.07, 6.45) is 1.95. The topological polar surface area (TPSA) is 84.0 Å². The Kier molecular flexibility index (Phi) is 7.82. The first-order valence-corrected chi connectivity index (χ1v) is 12.8. The quantitative estimate of drug-likeness (QED) is 0.256. The number of nitrogens with zero attached hydrogens (tertiary/aromatic N) is 2. The van der Waals surface area contributed by atoms with E-state index >= 15 is 0 Å². The number of anilines is 2. The van der Waals surface area contributed by atoms with E-state index in [1.807, 2.05) is 74.5 Å². The van der Waals surface area contributed by atoms with Crippen LogP contribution in [-0.2, 0) is 9.59 Å². The van der Waals surface area contributed by atoms with Gasteiger partial charge in [0.25, 0.3) is 0 Å².